The number of hydrogen-bond donors (Lipinski definition) is 2. The summed E-state index contributed by atoms with van der Waals surface area (Å²) in [6, 6.07) is 6.74. The van der Waals surface area contributed by atoms with Gasteiger partial charge in [0.1, 0.15) is 6.04 Å². The van der Waals surface area contributed by atoms with Crippen LogP contribution in [-0.4, -0.2) is 60.2 Å². The number of halogens is 1. The third-order valence-electron chi connectivity index (χ3n) is 4.43. The molecule has 1 atom stereocenters. The average Bonchev–Trinajstić information content (AvgIpc) is 2.61. The second-order valence-corrected chi connectivity index (χ2v) is 6.32. The van der Waals surface area contributed by atoms with E-state index in [1.807, 2.05) is 31.2 Å². The molecule has 144 valence electrons. The van der Waals surface area contributed by atoms with Gasteiger partial charge in [-0.05, 0) is 12.5 Å². The summed E-state index contributed by atoms with van der Waals surface area (Å²) in [7, 11) is 0. The lowest BCUT2D eigenvalue weighted by molar-refractivity contribution is -0.138. The lowest BCUT2D eigenvalue weighted by atomic mass is 10.1. The highest BCUT2D eigenvalue weighted by Gasteiger charge is 2.22. The molecule has 0 aromatic heterocycles. The molecule has 3 amide bonds. The smallest absolute Gasteiger partial charge is 0.241 e. The third-order valence-corrected chi connectivity index (χ3v) is 4.43. The Kier molecular flexibility index (Phi) is 8.54. The van der Waals surface area contributed by atoms with Gasteiger partial charge in [0, 0.05) is 46.1 Å². The fourth-order valence-corrected chi connectivity index (χ4v) is 2.76. The van der Waals surface area contributed by atoms with E-state index in [1.54, 1.807) is 9.80 Å². The number of carbonyl (C=O) groups is 3. The molecule has 1 aromatic carbocycles. The summed E-state index contributed by atoms with van der Waals surface area (Å²) in [4.78, 5) is 39.0. The monoisotopic (exact) mass is 382 g/mol. The van der Waals surface area contributed by atoms with Crippen LogP contribution in [0.1, 0.15) is 30.5 Å². The first-order chi connectivity index (χ1) is 11.9. The minimum absolute atomic E-state index is 0. The van der Waals surface area contributed by atoms with Gasteiger partial charge in [0.25, 0.3) is 0 Å². The fraction of sp³-hybridized carbons (Fsp3) is 0.500. The number of aryl methyl sites for hydroxylation is 1. The molecule has 1 aliphatic rings. The molecule has 2 rings (SSSR count). The van der Waals surface area contributed by atoms with Crippen LogP contribution < -0.4 is 11.1 Å². The van der Waals surface area contributed by atoms with Crippen LogP contribution in [0.2, 0.25) is 0 Å². The molecule has 0 radical (unpaired) electrons. The maximum Gasteiger partial charge on any atom is 0.241 e. The van der Waals surface area contributed by atoms with E-state index in [9.17, 15) is 14.4 Å². The summed E-state index contributed by atoms with van der Waals surface area (Å²) in [6.45, 7) is 5.95. The molecule has 0 aliphatic carbocycles. The topological polar surface area (TPSA) is 95.7 Å². The molecule has 1 saturated heterocycles. The molecule has 1 unspecified atom stereocenters. The molecule has 3 N–H and O–H groups in total. The molecule has 7 nitrogen and oxygen atoms in total. The van der Waals surface area contributed by atoms with Gasteiger partial charge < -0.3 is 20.9 Å². The van der Waals surface area contributed by atoms with E-state index in [0.717, 1.165) is 11.1 Å². The van der Waals surface area contributed by atoms with Crippen molar-refractivity contribution in [2.24, 2.45) is 5.73 Å². The minimum atomic E-state index is -0.741. The fourth-order valence-electron chi connectivity index (χ4n) is 2.76. The Balaban J connectivity index is 0.00000338. The molecule has 26 heavy (non-hydrogen) atoms. The molecule has 1 aromatic rings. The number of carbonyl (C=O) groups excluding carboxylic acids is 3. The number of piperazine rings is 1. The summed E-state index contributed by atoms with van der Waals surface area (Å²) in [5.41, 5.74) is 7.80. The van der Waals surface area contributed by atoms with E-state index in [1.165, 1.54) is 6.92 Å². The highest BCUT2D eigenvalue weighted by molar-refractivity contribution is 5.85. The standard InChI is InChI=1S/C18H26N4O3.ClH/c1-13-3-5-15(6-4-13)17(19)18(25)20-8-7-16(24)22-11-9-21(10-12-22)14(2)23;/h3-6,17H,7-12,19H2,1-2H3,(H,20,25);1H. The van der Waals surface area contributed by atoms with Crippen molar-refractivity contribution >= 4 is 30.1 Å². The first kappa shape index (κ1) is 21.9. The molecule has 1 heterocycles. The second-order valence-electron chi connectivity index (χ2n) is 6.32. The molecule has 1 aliphatic heterocycles. The Morgan fingerprint density at radius 3 is 2.15 bits per heavy atom. The molecular weight excluding hydrogens is 356 g/mol. The average molecular weight is 383 g/mol. The van der Waals surface area contributed by atoms with E-state index in [-0.39, 0.29) is 43.1 Å². The van der Waals surface area contributed by atoms with Gasteiger partial charge in [-0.25, -0.2) is 0 Å². The van der Waals surface area contributed by atoms with Gasteiger partial charge in [-0.3, -0.25) is 14.4 Å². The summed E-state index contributed by atoms with van der Waals surface area (Å²) in [5.74, 6) is -0.282. The van der Waals surface area contributed by atoms with Gasteiger partial charge in [-0.1, -0.05) is 29.8 Å². The number of amides is 3. The van der Waals surface area contributed by atoms with Gasteiger partial charge in [-0.2, -0.15) is 0 Å². The number of hydrogen-bond acceptors (Lipinski definition) is 4. The van der Waals surface area contributed by atoms with Crippen LogP contribution in [0.25, 0.3) is 0 Å². The van der Waals surface area contributed by atoms with Gasteiger partial charge in [0.05, 0.1) is 0 Å². The highest BCUT2D eigenvalue weighted by Crippen LogP contribution is 2.11. The Bertz CT molecular complexity index is 628. The van der Waals surface area contributed by atoms with E-state index in [2.05, 4.69) is 5.32 Å². The normalized spacial score (nSPS) is 15.0. The zero-order valence-electron chi connectivity index (χ0n) is 15.2. The van der Waals surface area contributed by atoms with Crippen molar-refractivity contribution in [3.05, 3.63) is 35.4 Å². The van der Waals surface area contributed by atoms with Crippen molar-refractivity contribution in [1.29, 1.82) is 0 Å². The number of nitrogens with zero attached hydrogens (tertiary/aromatic N) is 2. The van der Waals surface area contributed by atoms with Crippen molar-refractivity contribution in [2.45, 2.75) is 26.3 Å². The summed E-state index contributed by atoms with van der Waals surface area (Å²) < 4.78 is 0. The van der Waals surface area contributed by atoms with E-state index in [0.29, 0.717) is 26.2 Å². The van der Waals surface area contributed by atoms with Gasteiger partial charge in [0.2, 0.25) is 17.7 Å². The molecular formula is C18H27ClN4O3. The maximum absolute atomic E-state index is 12.2. The lowest BCUT2D eigenvalue weighted by Crippen LogP contribution is -2.50. The van der Waals surface area contributed by atoms with Crippen molar-refractivity contribution in [3.63, 3.8) is 0 Å². The quantitative estimate of drug-likeness (QED) is 0.780. The Morgan fingerprint density at radius 1 is 1.08 bits per heavy atom. The number of rotatable bonds is 5. The van der Waals surface area contributed by atoms with Crippen LogP contribution in [0.4, 0.5) is 0 Å². The molecule has 0 spiro atoms. The first-order valence-corrected chi connectivity index (χ1v) is 8.51. The van der Waals surface area contributed by atoms with Crippen LogP contribution >= 0.6 is 12.4 Å². The number of nitrogens with two attached hydrogens (primary N) is 1. The van der Waals surface area contributed by atoms with Crippen LogP contribution in [0, 0.1) is 6.92 Å². The molecule has 1 fully saturated rings. The Labute approximate surface area is 160 Å². The minimum Gasteiger partial charge on any atom is -0.354 e. The SMILES string of the molecule is CC(=O)N1CCN(C(=O)CCNC(=O)C(N)c2ccc(C)cc2)CC1.Cl. The molecule has 8 heteroatoms. The summed E-state index contributed by atoms with van der Waals surface area (Å²) in [6.07, 6.45) is 0.229. The summed E-state index contributed by atoms with van der Waals surface area (Å²) in [5, 5.41) is 2.72. The first-order valence-electron chi connectivity index (χ1n) is 8.51. The van der Waals surface area contributed by atoms with E-state index < -0.39 is 6.04 Å². The third kappa shape index (κ3) is 6.00. The van der Waals surface area contributed by atoms with Crippen molar-refractivity contribution < 1.29 is 14.4 Å². The van der Waals surface area contributed by atoms with Crippen LogP contribution in [0.3, 0.4) is 0 Å². The van der Waals surface area contributed by atoms with Gasteiger partial charge >= 0.3 is 0 Å². The van der Waals surface area contributed by atoms with Crippen LogP contribution in [-0.2, 0) is 14.4 Å². The van der Waals surface area contributed by atoms with Crippen molar-refractivity contribution in [1.82, 2.24) is 15.1 Å². The Hall–Kier alpha value is -2.12. The zero-order valence-corrected chi connectivity index (χ0v) is 16.1. The van der Waals surface area contributed by atoms with Crippen molar-refractivity contribution in [3.8, 4) is 0 Å². The predicted molar refractivity (Wildman–Crippen MR) is 102 cm³/mol. The molecule has 0 bridgehead atoms. The van der Waals surface area contributed by atoms with Crippen LogP contribution in [0.5, 0.6) is 0 Å². The van der Waals surface area contributed by atoms with Gasteiger partial charge in [0.15, 0.2) is 0 Å². The predicted octanol–water partition coefficient (Wildman–Crippen LogP) is 0.614. The van der Waals surface area contributed by atoms with Crippen molar-refractivity contribution in [2.75, 3.05) is 32.7 Å². The van der Waals surface area contributed by atoms with E-state index >= 15 is 0 Å². The largest absolute Gasteiger partial charge is 0.354 e. The van der Waals surface area contributed by atoms with E-state index in [4.69, 9.17) is 5.73 Å². The highest BCUT2D eigenvalue weighted by atomic mass is 35.5. The van der Waals surface area contributed by atoms with Crippen LogP contribution in [0.15, 0.2) is 24.3 Å². The Morgan fingerprint density at radius 2 is 1.62 bits per heavy atom. The zero-order chi connectivity index (χ0) is 18.4. The number of benzene rings is 1. The maximum atomic E-state index is 12.2. The molecule has 0 saturated carbocycles. The second kappa shape index (κ2) is 10.1. The van der Waals surface area contributed by atoms with Gasteiger partial charge in [-0.15, -0.1) is 12.4 Å². The number of nitrogens with one attached hydrogen (secondary N) is 1. The summed E-state index contributed by atoms with van der Waals surface area (Å²) >= 11 is 0. The lowest BCUT2D eigenvalue weighted by Gasteiger charge is -2.34.